The molecule has 0 amide bonds. The minimum Gasteiger partial charge on any atom is -0.409 e. The van der Waals surface area contributed by atoms with Crippen molar-refractivity contribution in [3.05, 3.63) is 53.6 Å². The van der Waals surface area contributed by atoms with Gasteiger partial charge in [-0.05, 0) is 35.4 Å². The van der Waals surface area contributed by atoms with E-state index in [1.54, 1.807) is 0 Å². The lowest BCUT2D eigenvalue weighted by molar-refractivity contribution is -0.139. The molecule has 3 N–H and O–H groups in total. The number of alkyl halides is 3. The molecule has 0 aliphatic carbocycles. The summed E-state index contributed by atoms with van der Waals surface area (Å²) >= 11 is 0. The van der Waals surface area contributed by atoms with Crippen molar-refractivity contribution < 1.29 is 22.8 Å². The average Bonchev–Trinajstić information content (AvgIpc) is 2.46. The zero-order chi connectivity index (χ0) is 15.6. The van der Waals surface area contributed by atoms with Crippen LogP contribution in [0.2, 0.25) is 0 Å². The molecule has 0 unspecified atom stereocenters. The van der Waals surface area contributed by atoms with Gasteiger partial charge in [-0.2, -0.15) is 13.2 Å². The quantitative estimate of drug-likeness (QED) is 0.294. The molecule has 0 atom stereocenters. The van der Waals surface area contributed by atoms with Gasteiger partial charge in [0.2, 0.25) is 0 Å². The fraction of sp³-hybridized carbons (Fsp3) is 0.0769. The Morgan fingerprint density at radius 2 is 1.81 bits per heavy atom. The SMILES string of the molecule is NC(=NO)c1cc(-c2ccc(F)c(C(F)(F)F)c2)ccn1. The van der Waals surface area contributed by atoms with Gasteiger partial charge in [-0.3, -0.25) is 4.98 Å². The molecular weight excluding hydrogens is 290 g/mol. The first kappa shape index (κ1) is 14.8. The van der Waals surface area contributed by atoms with Crippen LogP contribution in [0.15, 0.2) is 41.7 Å². The summed E-state index contributed by atoms with van der Waals surface area (Å²) in [5, 5.41) is 11.3. The molecule has 2 rings (SSSR count). The number of amidine groups is 1. The van der Waals surface area contributed by atoms with E-state index in [2.05, 4.69) is 10.1 Å². The number of halogens is 4. The molecular formula is C13H9F4N3O. The second-order valence-corrected chi connectivity index (χ2v) is 4.11. The standard InChI is InChI=1S/C13H9F4N3O/c14-10-2-1-7(5-9(10)13(15,16)17)8-3-4-19-11(6-8)12(18)20-21/h1-6,21H,(H2,18,20). The van der Waals surface area contributed by atoms with Crippen LogP contribution in [0.1, 0.15) is 11.3 Å². The Kier molecular flexibility index (Phi) is 3.79. The average molecular weight is 299 g/mol. The van der Waals surface area contributed by atoms with E-state index in [-0.39, 0.29) is 17.1 Å². The van der Waals surface area contributed by atoms with Crippen LogP contribution in [0, 0.1) is 5.82 Å². The van der Waals surface area contributed by atoms with Crippen LogP contribution < -0.4 is 5.73 Å². The Morgan fingerprint density at radius 1 is 1.14 bits per heavy atom. The Bertz CT molecular complexity index is 698. The highest BCUT2D eigenvalue weighted by Crippen LogP contribution is 2.34. The van der Waals surface area contributed by atoms with Gasteiger partial charge in [0.15, 0.2) is 5.84 Å². The lowest BCUT2D eigenvalue weighted by atomic mass is 10.0. The zero-order valence-corrected chi connectivity index (χ0v) is 10.4. The highest BCUT2D eigenvalue weighted by molar-refractivity contribution is 5.96. The summed E-state index contributed by atoms with van der Waals surface area (Å²) in [4.78, 5) is 3.81. The van der Waals surface area contributed by atoms with E-state index < -0.39 is 17.6 Å². The zero-order valence-electron chi connectivity index (χ0n) is 10.4. The Balaban J connectivity index is 2.53. The largest absolute Gasteiger partial charge is 0.419 e. The molecule has 0 fully saturated rings. The first-order valence-electron chi connectivity index (χ1n) is 5.64. The molecule has 0 spiro atoms. The molecule has 0 bridgehead atoms. The number of oxime groups is 1. The van der Waals surface area contributed by atoms with Gasteiger partial charge < -0.3 is 10.9 Å². The molecule has 110 valence electrons. The number of hydrogen-bond donors (Lipinski definition) is 2. The normalized spacial score (nSPS) is 12.5. The predicted octanol–water partition coefficient (Wildman–Crippen LogP) is 3.00. The summed E-state index contributed by atoms with van der Waals surface area (Å²) in [5.41, 5.74) is 4.56. The maximum atomic E-state index is 13.2. The van der Waals surface area contributed by atoms with Crippen LogP contribution in [0.25, 0.3) is 11.1 Å². The van der Waals surface area contributed by atoms with Crippen molar-refractivity contribution in [2.24, 2.45) is 10.9 Å². The van der Waals surface area contributed by atoms with E-state index >= 15 is 0 Å². The molecule has 21 heavy (non-hydrogen) atoms. The van der Waals surface area contributed by atoms with Crippen LogP contribution in [0.5, 0.6) is 0 Å². The molecule has 0 aliphatic rings. The molecule has 4 nitrogen and oxygen atoms in total. The Hall–Kier alpha value is -2.64. The van der Waals surface area contributed by atoms with Gasteiger partial charge in [-0.1, -0.05) is 11.2 Å². The summed E-state index contributed by atoms with van der Waals surface area (Å²) in [5.74, 6) is -1.63. The van der Waals surface area contributed by atoms with Crippen LogP contribution in [0.3, 0.4) is 0 Å². The summed E-state index contributed by atoms with van der Waals surface area (Å²) < 4.78 is 51.3. The number of benzene rings is 1. The van der Waals surface area contributed by atoms with Crippen LogP contribution in [-0.4, -0.2) is 16.0 Å². The lowest BCUT2D eigenvalue weighted by Gasteiger charge is -2.10. The number of aromatic nitrogens is 1. The van der Waals surface area contributed by atoms with Crippen molar-refractivity contribution in [1.82, 2.24) is 4.98 Å². The van der Waals surface area contributed by atoms with Crippen molar-refractivity contribution in [3.8, 4) is 11.1 Å². The lowest BCUT2D eigenvalue weighted by Crippen LogP contribution is -2.14. The van der Waals surface area contributed by atoms with Crippen molar-refractivity contribution in [1.29, 1.82) is 0 Å². The minimum atomic E-state index is -4.79. The number of nitrogens with two attached hydrogens (primary N) is 1. The van der Waals surface area contributed by atoms with E-state index in [0.717, 1.165) is 6.07 Å². The molecule has 0 aliphatic heterocycles. The van der Waals surface area contributed by atoms with E-state index in [1.807, 2.05) is 0 Å². The Morgan fingerprint density at radius 3 is 2.43 bits per heavy atom. The molecule has 0 radical (unpaired) electrons. The first-order chi connectivity index (χ1) is 9.82. The number of hydrogen-bond acceptors (Lipinski definition) is 3. The summed E-state index contributed by atoms with van der Waals surface area (Å²) in [6.07, 6.45) is -3.50. The van der Waals surface area contributed by atoms with Gasteiger partial charge in [-0.25, -0.2) is 4.39 Å². The van der Waals surface area contributed by atoms with Crippen molar-refractivity contribution in [2.45, 2.75) is 6.18 Å². The van der Waals surface area contributed by atoms with Crippen molar-refractivity contribution in [2.75, 3.05) is 0 Å². The van der Waals surface area contributed by atoms with E-state index in [1.165, 1.54) is 24.4 Å². The second-order valence-electron chi connectivity index (χ2n) is 4.11. The fourth-order valence-corrected chi connectivity index (χ4v) is 1.72. The summed E-state index contributed by atoms with van der Waals surface area (Å²) in [6, 6.07) is 5.41. The molecule has 8 heteroatoms. The topological polar surface area (TPSA) is 71.5 Å². The highest BCUT2D eigenvalue weighted by Gasteiger charge is 2.34. The van der Waals surface area contributed by atoms with Gasteiger partial charge in [0.25, 0.3) is 0 Å². The van der Waals surface area contributed by atoms with E-state index in [0.29, 0.717) is 11.6 Å². The summed E-state index contributed by atoms with van der Waals surface area (Å²) in [7, 11) is 0. The number of rotatable bonds is 2. The smallest absolute Gasteiger partial charge is 0.409 e. The third-order valence-corrected chi connectivity index (χ3v) is 2.74. The molecule has 1 aromatic heterocycles. The van der Waals surface area contributed by atoms with Crippen LogP contribution in [-0.2, 0) is 6.18 Å². The van der Waals surface area contributed by atoms with Gasteiger partial charge >= 0.3 is 6.18 Å². The fourth-order valence-electron chi connectivity index (χ4n) is 1.72. The maximum Gasteiger partial charge on any atom is 0.419 e. The highest BCUT2D eigenvalue weighted by atomic mass is 19.4. The molecule has 1 heterocycles. The summed E-state index contributed by atoms with van der Waals surface area (Å²) in [6.45, 7) is 0. The van der Waals surface area contributed by atoms with Crippen LogP contribution in [0.4, 0.5) is 17.6 Å². The minimum absolute atomic E-state index is 0.0906. The van der Waals surface area contributed by atoms with E-state index in [9.17, 15) is 17.6 Å². The predicted molar refractivity (Wildman–Crippen MR) is 67.1 cm³/mol. The van der Waals surface area contributed by atoms with E-state index in [4.69, 9.17) is 10.9 Å². The van der Waals surface area contributed by atoms with Crippen LogP contribution >= 0.6 is 0 Å². The molecule has 0 saturated heterocycles. The Labute approximate surface area is 116 Å². The molecule has 1 aromatic carbocycles. The van der Waals surface area contributed by atoms with Gasteiger partial charge in [0.05, 0.1) is 5.56 Å². The number of pyridine rings is 1. The second kappa shape index (κ2) is 5.39. The molecule has 0 saturated carbocycles. The van der Waals surface area contributed by atoms with Crippen molar-refractivity contribution in [3.63, 3.8) is 0 Å². The first-order valence-corrected chi connectivity index (χ1v) is 5.64. The molecule has 2 aromatic rings. The van der Waals surface area contributed by atoms with Crippen molar-refractivity contribution >= 4 is 5.84 Å². The number of nitrogens with zero attached hydrogens (tertiary/aromatic N) is 2. The third kappa shape index (κ3) is 3.10. The monoisotopic (exact) mass is 299 g/mol. The van der Waals surface area contributed by atoms with Gasteiger partial charge in [0, 0.05) is 6.20 Å². The third-order valence-electron chi connectivity index (χ3n) is 2.74. The van der Waals surface area contributed by atoms with Gasteiger partial charge in [-0.15, -0.1) is 0 Å². The van der Waals surface area contributed by atoms with Gasteiger partial charge in [0.1, 0.15) is 11.5 Å². The maximum absolute atomic E-state index is 13.2.